The molecule has 0 spiro atoms. The third-order valence-electron chi connectivity index (χ3n) is 2.71. The van der Waals surface area contributed by atoms with Gasteiger partial charge in [0.05, 0.1) is 12.8 Å². The van der Waals surface area contributed by atoms with E-state index in [0.717, 1.165) is 12.1 Å². The fraction of sp³-hybridized carbons (Fsp3) is 0.200. The molecule has 0 fully saturated rings. The van der Waals surface area contributed by atoms with Crippen LogP contribution in [0.15, 0.2) is 36.4 Å². The number of hydrogen-bond acceptors (Lipinski definition) is 4. The van der Waals surface area contributed by atoms with E-state index in [0.29, 0.717) is 17.2 Å². The summed E-state index contributed by atoms with van der Waals surface area (Å²) in [6, 6.07) is 8.14. The highest BCUT2D eigenvalue weighted by Gasteiger charge is 2.06. The summed E-state index contributed by atoms with van der Waals surface area (Å²) in [5, 5.41) is 0. The minimum atomic E-state index is -0.751. The summed E-state index contributed by atoms with van der Waals surface area (Å²) in [6.45, 7) is 0.279. The topological polar surface area (TPSA) is 53.7 Å². The molecule has 0 radical (unpaired) electrons. The van der Waals surface area contributed by atoms with Crippen LogP contribution in [0.3, 0.4) is 0 Å². The van der Waals surface area contributed by atoms with E-state index in [1.165, 1.54) is 6.07 Å². The lowest BCUT2D eigenvalue weighted by Crippen LogP contribution is -2.10. The minimum absolute atomic E-state index is 0.0253. The highest BCUT2D eigenvalue weighted by Crippen LogP contribution is 2.26. The molecule has 0 saturated heterocycles. The second-order valence-electron chi connectivity index (χ2n) is 4.18. The Hall–Kier alpha value is -2.50. The van der Waals surface area contributed by atoms with E-state index in [9.17, 15) is 8.78 Å². The van der Waals surface area contributed by atoms with Gasteiger partial charge in [0.2, 0.25) is 0 Å². The third kappa shape index (κ3) is 3.98. The van der Waals surface area contributed by atoms with E-state index < -0.39 is 11.6 Å². The Balaban J connectivity index is 1.84. The largest absolute Gasteiger partial charge is 0.497 e. The maximum atomic E-state index is 13.3. The highest BCUT2D eigenvalue weighted by molar-refractivity contribution is 5.56. The van der Waals surface area contributed by atoms with Crippen LogP contribution in [0.4, 0.5) is 14.5 Å². The van der Waals surface area contributed by atoms with E-state index in [-0.39, 0.29) is 19.0 Å². The summed E-state index contributed by atoms with van der Waals surface area (Å²) in [6.07, 6.45) is 0. The predicted octanol–water partition coefficient (Wildman–Crippen LogP) is 3.01. The first-order chi connectivity index (χ1) is 10.1. The first-order valence-corrected chi connectivity index (χ1v) is 6.24. The standard InChI is InChI=1S/C15H15F2NO3/c1-19-11-3-5-15(13(18)9-11)21-7-6-20-14-4-2-10(16)8-12(14)17/h2-5,8-9H,6-7,18H2,1H3. The summed E-state index contributed by atoms with van der Waals surface area (Å²) in [5.41, 5.74) is 6.22. The highest BCUT2D eigenvalue weighted by atomic mass is 19.1. The molecule has 0 aromatic heterocycles. The fourth-order valence-electron chi connectivity index (χ4n) is 1.68. The van der Waals surface area contributed by atoms with E-state index in [1.54, 1.807) is 25.3 Å². The van der Waals surface area contributed by atoms with Gasteiger partial charge in [0.25, 0.3) is 0 Å². The van der Waals surface area contributed by atoms with Gasteiger partial charge in [-0.05, 0) is 24.3 Å². The lowest BCUT2D eigenvalue weighted by atomic mass is 10.3. The van der Waals surface area contributed by atoms with Gasteiger partial charge in [0, 0.05) is 12.1 Å². The van der Waals surface area contributed by atoms with Crippen molar-refractivity contribution in [3.63, 3.8) is 0 Å². The van der Waals surface area contributed by atoms with Gasteiger partial charge >= 0.3 is 0 Å². The van der Waals surface area contributed by atoms with Gasteiger partial charge in [-0.15, -0.1) is 0 Å². The van der Waals surface area contributed by atoms with Crippen molar-refractivity contribution in [3.8, 4) is 17.2 Å². The molecule has 0 aliphatic rings. The number of rotatable bonds is 6. The average molecular weight is 295 g/mol. The second-order valence-corrected chi connectivity index (χ2v) is 4.18. The molecule has 2 rings (SSSR count). The summed E-state index contributed by atoms with van der Waals surface area (Å²) in [4.78, 5) is 0. The second kappa shape index (κ2) is 6.78. The summed E-state index contributed by atoms with van der Waals surface area (Å²) in [7, 11) is 1.54. The molecule has 0 atom stereocenters. The van der Waals surface area contributed by atoms with Crippen LogP contribution in [0.2, 0.25) is 0 Å². The van der Waals surface area contributed by atoms with E-state index in [1.807, 2.05) is 0 Å². The molecule has 2 aromatic rings. The van der Waals surface area contributed by atoms with Gasteiger partial charge in [-0.25, -0.2) is 8.78 Å². The minimum Gasteiger partial charge on any atom is -0.497 e. The molecule has 0 aliphatic heterocycles. The maximum absolute atomic E-state index is 13.3. The van der Waals surface area contributed by atoms with Crippen molar-refractivity contribution >= 4 is 5.69 Å². The van der Waals surface area contributed by atoms with Crippen molar-refractivity contribution < 1.29 is 23.0 Å². The average Bonchev–Trinajstić information content (AvgIpc) is 2.46. The zero-order valence-electron chi connectivity index (χ0n) is 11.4. The van der Waals surface area contributed by atoms with Gasteiger partial charge in [0.1, 0.15) is 30.5 Å². The van der Waals surface area contributed by atoms with Gasteiger partial charge < -0.3 is 19.9 Å². The molecule has 6 heteroatoms. The van der Waals surface area contributed by atoms with Crippen molar-refractivity contribution in [2.24, 2.45) is 0 Å². The summed E-state index contributed by atoms with van der Waals surface area (Å²) < 4.78 is 41.6. The van der Waals surface area contributed by atoms with Crippen molar-refractivity contribution in [1.29, 1.82) is 0 Å². The van der Waals surface area contributed by atoms with Crippen LogP contribution >= 0.6 is 0 Å². The number of methoxy groups -OCH3 is 1. The number of anilines is 1. The van der Waals surface area contributed by atoms with Crippen molar-refractivity contribution in [1.82, 2.24) is 0 Å². The number of ether oxygens (including phenoxy) is 3. The smallest absolute Gasteiger partial charge is 0.167 e. The number of benzene rings is 2. The molecule has 0 amide bonds. The Morgan fingerprint density at radius 2 is 1.62 bits per heavy atom. The van der Waals surface area contributed by atoms with Crippen LogP contribution in [0.5, 0.6) is 17.2 Å². The van der Waals surface area contributed by atoms with Crippen LogP contribution in [-0.4, -0.2) is 20.3 Å². The van der Waals surface area contributed by atoms with Crippen molar-refractivity contribution in [2.45, 2.75) is 0 Å². The van der Waals surface area contributed by atoms with Crippen molar-refractivity contribution in [2.75, 3.05) is 26.1 Å². The Labute approximate surface area is 121 Å². The molecule has 21 heavy (non-hydrogen) atoms. The molecule has 2 N–H and O–H groups in total. The quantitative estimate of drug-likeness (QED) is 0.657. The molecular formula is C15H15F2NO3. The van der Waals surface area contributed by atoms with Gasteiger partial charge in [-0.3, -0.25) is 0 Å². The lowest BCUT2D eigenvalue weighted by Gasteiger charge is -2.11. The Morgan fingerprint density at radius 1 is 0.952 bits per heavy atom. The number of hydrogen-bond donors (Lipinski definition) is 1. The van der Waals surface area contributed by atoms with Crippen molar-refractivity contribution in [3.05, 3.63) is 48.0 Å². The van der Waals surface area contributed by atoms with E-state index in [2.05, 4.69) is 0 Å². The summed E-state index contributed by atoms with van der Waals surface area (Å²) >= 11 is 0. The number of nitrogens with two attached hydrogens (primary N) is 1. The van der Waals surface area contributed by atoms with Gasteiger partial charge in [0.15, 0.2) is 11.6 Å². The van der Waals surface area contributed by atoms with Crippen LogP contribution in [0.25, 0.3) is 0 Å². The van der Waals surface area contributed by atoms with E-state index in [4.69, 9.17) is 19.9 Å². The molecule has 0 aliphatic carbocycles. The van der Waals surface area contributed by atoms with Gasteiger partial charge in [-0.2, -0.15) is 0 Å². The molecule has 0 saturated carbocycles. The Morgan fingerprint density at radius 3 is 2.24 bits per heavy atom. The predicted molar refractivity (Wildman–Crippen MR) is 74.8 cm³/mol. The first kappa shape index (κ1) is 14.9. The SMILES string of the molecule is COc1ccc(OCCOc2ccc(F)cc2F)c(N)c1. The molecular weight excluding hydrogens is 280 g/mol. The third-order valence-corrected chi connectivity index (χ3v) is 2.71. The summed E-state index contributed by atoms with van der Waals surface area (Å²) in [5.74, 6) is -0.313. The number of nitrogen functional groups attached to an aromatic ring is 1. The first-order valence-electron chi connectivity index (χ1n) is 6.24. The van der Waals surface area contributed by atoms with Crippen LogP contribution < -0.4 is 19.9 Å². The Kier molecular flexibility index (Phi) is 4.81. The molecule has 0 unspecified atom stereocenters. The van der Waals surface area contributed by atoms with Crippen LogP contribution in [0, 0.1) is 11.6 Å². The zero-order valence-corrected chi connectivity index (χ0v) is 11.4. The monoisotopic (exact) mass is 295 g/mol. The zero-order chi connectivity index (χ0) is 15.2. The molecule has 4 nitrogen and oxygen atoms in total. The molecule has 0 heterocycles. The lowest BCUT2D eigenvalue weighted by molar-refractivity contribution is 0.212. The number of halogens is 2. The molecule has 0 bridgehead atoms. The van der Waals surface area contributed by atoms with E-state index >= 15 is 0 Å². The normalized spacial score (nSPS) is 10.2. The fourth-order valence-corrected chi connectivity index (χ4v) is 1.68. The van der Waals surface area contributed by atoms with Crippen LogP contribution in [-0.2, 0) is 0 Å². The molecule has 2 aromatic carbocycles. The molecule has 112 valence electrons. The van der Waals surface area contributed by atoms with Gasteiger partial charge in [-0.1, -0.05) is 0 Å². The maximum Gasteiger partial charge on any atom is 0.167 e. The van der Waals surface area contributed by atoms with Crippen LogP contribution in [0.1, 0.15) is 0 Å². The Bertz CT molecular complexity index is 620.